The van der Waals surface area contributed by atoms with Gasteiger partial charge in [-0.2, -0.15) is 0 Å². The normalized spacial score (nSPS) is 10.5. The molecule has 0 N–H and O–H groups in total. The van der Waals surface area contributed by atoms with E-state index in [4.69, 9.17) is 14.2 Å². The Balaban J connectivity index is 2.33. The van der Waals surface area contributed by atoms with Crippen molar-refractivity contribution in [3.8, 4) is 11.5 Å². The molecule has 1 rings (SSSR count). The summed E-state index contributed by atoms with van der Waals surface area (Å²) in [5, 5.41) is 0. The number of carbonyl (C=O) groups excluding carboxylic acids is 1. The Morgan fingerprint density at radius 3 is 1.80 bits per heavy atom. The van der Waals surface area contributed by atoms with Gasteiger partial charge in [-0.05, 0) is 32.4 Å². The van der Waals surface area contributed by atoms with Gasteiger partial charge < -0.3 is 14.2 Å². The third-order valence-corrected chi connectivity index (χ3v) is 3.97. The Bertz CT molecular complexity index is 461. The lowest BCUT2D eigenvalue weighted by molar-refractivity contribution is 0.0496. The van der Waals surface area contributed by atoms with Crippen LogP contribution in [0.2, 0.25) is 0 Å². The number of carbonyl (C=O) groups is 1. The number of ether oxygens (including phenoxy) is 3. The van der Waals surface area contributed by atoms with E-state index in [1.807, 2.05) is 13.8 Å². The van der Waals surface area contributed by atoms with Gasteiger partial charge in [0, 0.05) is 6.07 Å². The first-order chi connectivity index (χ1) is 12.2. The van der Waals surface area contributed by atoms with E-state index < -0.39 is 0 Å². The molecule has 25 heavy (non-hydrogen) atoms. The van der Waals surface area contributed by atoms with Gasteiger partial charge in [-0.15, -0.1) is 0 Å². The summed E-state index contributed by atoms with van der Waals surface area (Å²) in [7, 11) is 0. The van der Waals surface area contributed by atoms with E-state index in [1.54, 1.807) is 18.2 Å². The second-order valence-corrected chi connectivity index (χ2v) is 6.17. The molecule has 0 heterocycles. The minimum absolute atomic E-state index is 0.314. The van der Waals surface area contributed by atoms with Gasteiger partial charge in [0.2, 0.25) is 0 Å². The molecule has 0 saturated carbocycles. The summed E-state index contributed by atoms with van der Waals surface area (Å²) in [6.07, 6.45) is 9.80. The highest BCUT2D eigenvalue weighted by molar-refractivity contribution is 5.90. The van der Waals surface area contributed by atoms with E-state index in [2.05, 4.69) is 6.92 Å². The van der Waals surface area contributed by atoms with E-state index in [-0.39, 0.29) is 5.97 Å². The molecule has 0 bridgehead atoms. The minimum atomic E-state index is -0.314. The summed E-state index contributed by atoms with van der Waals surface area (Å²) in [6, 6.07) is 5.21. The van der Waals surface area contributed by atoms with Crippen LogP contribution in [0.25, 0.3) is 0 Å². The first-order valence-electron chi connectivity index (χ1n) is 9.79. The summed E-state index contributed by atoms with van der Waals surface area (Å²) < 4.78 is 16.4. The molecule has 1 aromatic rings. The smallest absolute Gasteiger partial charge is 0.338 e. The van der Waals surface area contributed by atoms with Crippen LogP contribution in [0.3, 0.4) is 0 Å². The molecule has 4 heteroatoms. The van der Waals surface area contributed by atoms with Crippen molar-refractivity contribution in [2.75, 3.05) is 19.8 Å². The molecule has 0 aromatic heterocycles. The highest BCUT2D eigenvalue weighted by Crippen LogP contribution is 2.24. The fourth-order valence-corrected chi connectivity index (χ4v) is 2.67. The van der Waals surface area contributed by atoms with Crippen molar-refractivity contribution in [1.29, 1.82) is 0 Å². The zero-order valence-electron chi connectivity index (χ0n) is 16.1. The molecule has 0 atom stereocenters. The monoisotopic (exact) mass is 350 g/mol. The zero-order chi connectivity index (χ0) is 18.3. The van der Waals surface area contributed by atoms with Crippen molar-refractivity contribution in [3.05, 3.63) is 23.8 Å². The molecule has 1 aromatic carbocycles. The van der Waals surface area contributed by atoms with E-state index in [0.717, 1.165) is 12.8 Å². The molecule has 0 spiro atoms. The number of unbranched alkanes of at least 4 members (excludes halogenated alkanes) is 7. The van der Waals surface area contributed by atoms with Crippen molar-refractivity contribution in [3.63, 3.8) is 0 Å². The zero-order valence-corrected chi connectivity index (χ0v) is 16.1. The van der Waals surface area contributed by atoms with Gasteiger partial charge in [0.15, 0.2) is 0 Å². The quantitative estimate of drug-likeness (QED) is 0.315. The molecule has 0 aliphatic rings. The van der Waals surface area contributed by atoms with Crippen LogP contribution in [0.15, 0.2) is 18.2 Å². The average molecular weight is 350 g/mol. The molecule has 142 valence electrons. The van der Waals surface area contributed by atoms with E-state index in [1.165, 1.54) is 38.5 Å². The first-order valence-corrected chi connectivity index (χ1v) is 9.79. The van der Waals surface area contributed by atoms with Crippen LogP contribution < -0.4 is 9.47 Å². The molecule has 4 nitrogen and oxygen atoms in total. The maximum absolute atomic E-state index is 12.2. The van der Waals surface area contributed by atoms with Gasteiger partial charge in [-0.3, -0.25) is 0 Å². The largest absolute Gasteiger partial charge is 0.494 e. The van der Waals surface area contributed by atoms with Crippen LogP contribution in [0, 0.1) is 0 Å². The topological polar surface area (TPSA) is 44.8 Å². The molecule has 0 saturated heterocycles. The molecular weight excluding hydrogens is 316 g/mol. The Kier molecular flexibility index (Phi) is 11.6. The van der Waals surface area contributed by atoms with E-state index >= 15 is 0 Å². The number of hydrogen-bond donors (Lipinski definition) is 0. The van der Waals surface area contributed by atoms with E-state index in [9.17, 15) is 4.79 Å². The maximum atomic E-state index is 12.2. The predicted molar refractivity (Wildman–Crippen MR) is 102 cm³/mol. The van der Waals surface area contributed by atoms with Crippen molar-refractivity contribution >= 4 is 5.97 Å². The first kappa shape index (κ1) is 21.3. The molecule has 0 fully saturated rings. The lowest BCUT2D eigenvalue weighted by Crippen LogP contribution is -2.08. The van der Waals surface area contributed by atoms with Gasteiger partial charge in [-0.25, -0.2) is 4.79 Å². The number of rotatable bonds is 14. The number of esters is 1. The summed E-state index contributed by atoms with van der Waals surface area (Å²) in [4.78, 5) is 12.2. The lowest BCUT2D eigenvalue weighted by atomic mass is 10.1. The van der Waals surface area contributed by atoms with Crippen LogP contribution in [0.4, 0.5) is 0 Å². The second kappa shape index (κ2) is 13.6. The standard InChI is InChI=1S/C21H34O4/c1-4-7-8-9-10-11-12-13-14-25-21(22)18-15-19(23-5-2)17-20(16-18)24-6-3/h15-17H,4-14H2,1-3H3. The summed E-state index contributed by atoms with van der Waals surface area (Å²) in [5.41, 5.74) is 0.481. The molecule has 0 radical (unpaired) electrons. The van der Waals surface area contributed by atoms with Gasteiger partial charge in [-0.1, -0.05) is 51.9 Å². The fourth-order valence-electron chi connectivity index (χ4n) is 2.67. The van der Waals surface area contributed by atoms with Gasteiger partial charge in [0.05, 0.1) is 25.4 Å². The Hall–Kier alpha value is -1.71. The van der Waals surface area contributed by atoms with Crippen LogP contribution >= 0.6 is 0 Å². The maximum Gasteiger partial charge on any atom is 0.338 e. The SMILES string of the molecule is CCCCCCCCCCOC(=O)c1cc(OCC)cc(OCC)c1. The van der Waals surface area contributed by atoms with Crippen molar-refractivity contribution < 1.29 is 19.0 Å². The van der Waals surface area contributed by atoms with Crippen LogP contribution in [-0.2, 0) is 4.74 Å². The minimum Gasteiger partial charge on any atom is -0.494 e. The summed E-state index contributed by atoms with van der Waals surface area (Å²) in [5.74, 6) is 0.949. The summed E-state index contributed by atoms with van der Waals surface area (Å²) in [6.45, 7) is 7.61. The number of benzene rings is 1. The average Bonchev–Trinajstić information content (AvgIpc) is 2.60. The van der Waals surface area contributed by atoms with Crippen molar-refractivity contribution in [2.45, 2.75) is 72.1 Å². The third kappa shape index (κ3) is 9.37. The van der Waals surface area contributed by atoms with Gasteiger partial charge in [0.25, 0.3) is 0 Å². The number of hydrogen-bond acceptors (Lipinski definition) is 4. The van der Waals surface area contributed by atoms with E-state index in [0.29, 0.717) is 36.9 Å². The van der Waals surface area contributed by atoms with Crippen molar-refractivity contribution in [1.82, 2.24) is 0 Å². The predicted octanol–water partition coefficient (Wildman–Crippen LogP) is 5.78. The highest BCUT2D eigenvalue weighted by atomic mass is 16.5. The molecule has 0 amide bonds. The van der Waals surface area contributed by atoms with Crippen LogP contribution in [0.1, 0.15) is 82.5 Å². The second-order valence-electron chi connectivity index (χ2n) is 6.17. The summed E-state index contributed by atoms with van der Waals surface area (Å²) >= 11 is 0. The van der Waals surface area contributed by atoms with Gasteiger partial charge >= 0.3 is 5.97 Å². The third-order valence-electron chi connectivity index (χ3n) is 3.97. The molecule has 0 aliphatic carbocycles. The van der Waals surface area contributed by atoms with Crippen LogP contribution in [0.5, 0.6) is 11.5 Å². The van der Waals surface area contributed by atoms with Crippen LogP contribution in [-0.4, -0.2) is 25.8 Å². The highest BCUT2D eigenvalue weighted by Gasteiger charge is 2.11. The molecule has 0 aliphatic heterocycles. The fraction of sp³-hybridized carbons (Fsp3) is 0.667. The Labute approximate surface area is 152 Å². The Morgan fingerprint density at radius 1 is 0.760 bits per heavy atom. The molecule has 0 unspecified atom stereocenters. The lowest BCUT2D eigenvalue weighted by Gasteiger charge is -2.11. The Morgan fingerprint density at radius 2 is 1.28 bits per heavy atom. The van der Waals surface area contributed by atoms with Gasteiger partial charge in [0.1, 0.15) is 11.5 Å². The molecular formula is C21H34O4. The van der Waals surface area contributed by atoms with Crippen molar-refractivity contribution in [2.24, 2.45) is 0 Å².